The molecule has 3 atom stereocenters. The molecule has 0 radical (unpaired) electrons. The first-order valence-corrected chi connectivity index (χ1v) is 5.92. The zero-order valence-corrected chi connectivity index (χ0v) is 9.52. The summed E-state index contributed by atoms with van der Waals surface area (Å²) in [6.07, 6.45) is 1.12. The molecule has 2 N–H and O–H groups in total. The van der Waals surface area contributed by atoms with E-state index in [4.69, 9.17) is 15.2 Å². The lowest BCUT2D eigenvalue weighted by Crippen LogP contribution is -2.50. The number of morpholine rings is 1. The van der Waals surface area contributed by atoms with Crippen molar-refractivity contribution in [1.29, 1.82) is 0 Å². The number of hydrogen-bond acceptors (Lipinski definition) is 4. The lowest BCUT2D eigenvalue weighted by molar-refractivity contribution is -0.00543. The van der Waals surface area contributed by atoms with Crippen LogP contribution in [-0.2, 0) is 9.47 Å². The third kappa shape index (κ3) is 2.91. The molecule has 0 aromatic heterocycles. The summed E-state index contributed by atoms with van der Waals surface area (Å²) in [6.45, 7) is 7.63. The van der Waals surface area contributed by atoms with Crippen LogP contribution >= 0.6 is 0 Å². The van der Waals surface area contributed by atoms with Crippen LogP contribution in [0, 0.1) is 5.92 Å². The summed E-state index contributed by atoms with van der Waals surface area (Å²) in [4.78, 5) is 2.44. The highest BCUT2D eigenvalue weighted by Crippen LogP contribution is 2.17. The molecule has 3 unspecified atom stereocenters. The van der Waals surface area contributed by atoms with Crippen molar-refractivity contribution in [2.75, 3.05) is 39.5 Å². The fourth-order valence-electron chi connectivity index (χ4n) is 2.34. The van der Waals surface area contributed by atoms with Crippen molar-refractivity contribution in [2.24, 2.45) is 11.7 Å². The summed E-state index contributed by atoms with van der Waals surface area (Å²) in [7, 11) is 0. The molecule has 0 bridgehead atoms. The Bertz CT molecular complexity index is 195. The van der Waals surface area contributed by atoms with E-state index >= 15 is 0 Å². The molecule has 88 valence electrons. The molecule has 2 heterocycles. The van der Waals surface area contributed by atoms with Gasteiger partial charge in [-0.1, -0.05) is 0 Å². The highest BCUT2D eigenvalue weighted by molar-refractivity contribution is 4.82. The topological polar surface area (TPSA) is 47.7 Å². The molecule has 2 fully saturated rings. The monoisotopic (exact) mass is 214 g/mol. The zero-order chi connectivity index (χ0) is 10.7. The van der Waals surface area contributed by atoms with E-state index in [1.165, 1.54) is 0 Å². The standard InChI is InChI=1S/C11H22N2O2/c1-9-7-15-5-3-13(9)6-11(12)10-2-4-14-8-10/h9-11H,2-8,12H2,1H3. The Morgan fingerprint density at radius 1 is 1.33 bits per heavy atom. The summed E-state index contributed by atoms with van der Waals surface area (Å²) in [5, 5.41) is 0. The van der Waals surface area contributed by atoms with Crippen LogP contribution in [0.2, 0.25) is 0 Å². The Kier molecular flexibility index (Phi) is 3.97. The van der Waals surface area contributed by atoms with Crippen LogP contribution in [0.4, 0.5) is 0 Å². The maximum absolute atomic E-state index is 6.21. The first-order valence-electron chi connectivity index (χ1n) is 5.92. The maximum atomic E-state index is 6.21. The van der Waals surface area contributed by atoms with Crippen molar-refractivity contribution >= 4 is 0 Å². The Morgan fingerprint density at radius 2 is 2.13 bits per heavy atom. The van der Waals surface area contributed by atoms with Crippen LogP contribution in [0.1, 0.15) is 13.3 Å². The molecule has 2 aliphatic rings. The van der Waals surface area contributed by atoms with Crippen LogP contribution in [-0.4, -0.2) is 56.5 Å². The number of nitrogens with zero attached hydrogens (tertiary/aromatic N) is 1. The van der Waals surface area contributed by atoms with Gasteiger partial charge in [-0.25, -0.2) is 0 Å². The Labute approximate surface area is 91.7 Å². The lowest BCUT2D eigenvalue weighted by atomic mass is 9.99. The molecule has 0 aromatic rings. The molecule has 2 rings (SSSR count). The van der Waals surface area contributed by atoms with Gasteiger partial charge in [-0.2, -0.15) is 0 Å². The predicted molar refractivity (Wildman–Crippen MR) is 58.8 cm³/mol. The lowest BCUT2D eigenvalue weighted by Gasteiger charge is -2.36. The SMILES string of the molecule is CC1COCCN1CC(N)C1CCOC1. The minimum absolute atomic E-state index is 0.257. The molecule has 0 amide bonds. The highest BCUT2D eigenvalue weighted by Gasteiger charge is 2.27. The second-order valence-electron chi connectivity index (χ2n) is 4.71. The number of hydrogen-bond donors (Lipinski definition) is 1. The summed E-state index contributed by atoms with van der Waals surface area (Å²) in [6, 6.07) is 0.764. The third-order valence-electron chi connectivity index (χ3n) is 3.52. The number of nitrogens with two attached hydrogens (primary N) is 1. The van der Waals surface area contributed by atoms with Crippen LogP contribution < -0.4 is 5.73 Å². The molecule has 4 nitrogen and oxygen atoms in total. The van der Waals surface area contributed by atoms with Crippen LogP contribution in [0.3, 0.4) is 0 Å². The molecule has 0 spiro atoms. The molecule has 0 saturated carbocycles. The summed E-state index contributed by atoms with van der Waals surface area (Å²) >= 11 is 0. The van der Waals surface area contributed by atoms with Gasteiger partial charge in [-0.3, -0.25) is 4.90 Å². The van der Waals surface area contributed by atoms with Crippen molar-refractivity contribution in [3.8, 4) is 0 Å². The summed E-state index contributed by atoms with van der Waals surface area (Å²) in [5.41, 5.74) is 6.21. The average Bonchev–Trinajstić information content (AvgIpc) is 2.74. The van der Waals surface area contributed by atoms with E-state index in [1.807, 2.05) is 0 Å². The van der Waals surface area contributed by atoms with E-state index in [-0.39, 0.29) is 6.04 Å². The first kappa shape index (κ1) is 11.3. The number of rotatable bonds is 3. The molecule has 2 saturated heterocycles. The van der Waals surface area contributed by atoms with Crippen LogP contribution in [0.5, 0.6) is 0 Å². The minimum atomic E-state index is 0.257. The quantitative estimate of drug-likeness (QED) is 0.722. The van der Waals surface area contributed by atoms with E-state index < -0.39 is 0 Å². The Morgan fingerprint density at radius 3 is 2.80 bits per heavy atom. The minimum Gasteiger partial charge on any atom is -0.381 e. The van der Waals surface area contributed by atoms with Gasteiger partial charge in [0, 0.05) is 37.7 Å². The molecule has 0 aliphatic carbocycles. The van der Waals surface area contributed by atoms with Gasteiger partial charge in [0.2, 0.25) is 0 Å². The second kappa shape index (κ2) is 5.25. The van der Waals surface area contributed by atoms with Gasteiger partial charge in [-0.05, 0) is 13.3 Å². The second-order valence-corrected chi connectivity index (χ2v) is 4.71. The van der Waals surface area contributed by atoms with Gasteiger partial charge in [-0.15, -0.1) is 0 Å². The average molecular weight is 214 g/mol. The van der Waals surface area contributed by atoms with Crippen molar-refractivity contribution in [1.82, 2.24) is 4.90 Å². The van der Waals surface area contributed by atoms with E-state index in [9.17, 15) is 0 Å². The largest absolute Gasteiger partial charge is 0.381 e. The van der Waals surface area contributed by atoms with E-state index in [2.05, 4.69) is 11.8 Å². The maximum Gasteiger partial charge on any atom is 0.0619 e. The smallest absolute Gasteiger partial charge is 0.0619 e. The summed E-state index contributed by atoms with van der Waals surface area (Å²) in [5.74, 6) is 0.556. The number of ether oxygens (including phenoxy) is 2. The van der Waals surface area contributed by atoms with Crippen LogP contribution in [0.15, 0.2) is 0 Å². The molecule has 15 heavy (non-hydrogen) atoms. The van der Waals surface area contributed by atoms with Crippen molar-refractivity contribution in [3.63, 3.8) is 0 Å². The molecule has 4 heteroatoms. The van der Waals surface area contributed by atoms with Crippen molar-refractivity contribution < 1.29 is 9.47 Å². The molecular formula is C11H22N2O2. The van der Waals surface area contributed by atoms with E-state index in [0.717, 1.165) is 45.9 Å². The van der Waals surface area contributed by atoms with Gasteiger partial charge in [0.1, 0.15) is 0 Å². The predicted octanol–water partition coefficient (Wildman–Crippen LogP) is 0.0709. The van der Waals surface area contributed by atoms with Gasteiger partial charge in [0.05, 0.1) is 19.8 Å². The summed E-state index contributed by atoms with van der Waals surface area (Å²) < 4.78 is 10.8. The van der Waals surface area contributed by atoms with Crippen LogP contribution in [0.25, 0.3) is 0 Å². The van der Waals surface area contributed by atoms with E-state index in [0.29, 0.717) is 12.0 Å². The Hall–Kier alpha value is -0.160. The van der Waals surface area contributed by atoms with E-state index in [1.54, 1.807) is 0 Å². The van der Waals surface area contributed by atoms with Crippen molar-refractivity contribution in [2.45, 2.75) is 25.4 Å². The molecular weight excluding hydrogens is 192 g/mol. The highest BCUT2D eigenvalue weighted by atomic mass is 16.5. The third-order valence-corrected chi connectivity index (χ3v) is 3.52. The molecule has 2 aliphatic heterocycles. The van der Waals surface area contributed by atoms with Gasteiger partial charge in [0.25, 0.3) is 0 Å². The van der Waals surface area contributed by atoms with Crippen molar-refractivity contribution in [3.05, 3.63) is 0 Å². The fraction of sp³-hybridized carbons (Fsp3) is 1.00. The first-order chi connectivity index (χ1) is 7.27. The Balaban J connectivity index is 1.78. The zero-order valence-electron chi connectivity index (χ0n) is 9.52. The van der Waals surface area contributed by atoms with Gasteiger partial charge >= 0.3 is 0 Å². The van der Waals surface area contributed by atoms with Gasteiger partial charge < -0.3 is 15.2 Å². The fourth-order valence-corrected chi connectivity index (χ4v) is 2.34. The normalized spacial score (nSPS) is 35.6. The molecule has 0 aromatic carbocycles. The van der Waals surface area contributed by atoms with Gasteiger partial charge in [0.15, 0.2) is 0 Å².